The molecule has 156 valence electrons. The molecule has 5 heteroatoms. The fourth-order valence-electron chi connectivity index (χ4n) is 3.35. The predicted octanol–water partition coefficient (Wildman–Crippen LogP) is 5.14. The van der Waals surface area contributed by atoms with Crippen molar-refractivity contribution in [2.75, 3.05) is 24.3 Å². The molecule has 0 atom stereocenters. The second kappa shape index (κ2) is 8.91. The number of hydrogen-bond acceptors (Lipinski definition) is 4. The quantitative estimate of drug-likeness (QED) is 0.532. The van der Waals surface area contributed by atoms with Crippen LogP contribution in [0.2, 0.25) is 0 Å². The Bertz CT molecular complexity index is 1040. The molecular weight excluding hydrogens is 376 g/mol. The average Bonchev–Trinajstić information content (AvgIpc) is 2.68. The minimum absolute atomic E-state index is 0.00126. The molecule has 0 aromatic heterocycles. The second-order valence-corrected chi connectivity index (χ2v) is 7.95. The molecule has 0 aliphatic carbocycles. The molecule has 0 saturated heterocycles. The number of nitrogens with one attached hydrogen (secondary N) is 1. The van der Waals surface area contributed by atoms with E-state index in [0.29, 0.717) is 11.3 Å². The largest absolute Gasteiger partial charge is 0.508 e. The number of amides is 1. The Hall–Kier alpha value is -3.47. The zero-order valence-corrected chi connectivity index (χ0v) is 17.8. The fourth-order valence-corrected chi connectivity index (χ4v) is 3.35. The van der Waals surface area contributed by atoms with Crippen molar-refractivity contribution < 1.29 is 15.0 Å². The highest BCUT2D eigenvalue weighted by molar-refractivity contribution is 5.93. The van der Waals surface area contributed by atoms with Gasteiger partial charge in [-0.25, -0.2) is 0 Å². The second-order valence-electron chi connectivity index (χ2n) is 7.95. The summed E-state index contributed by atoms with van der Waals surface area (Å²) in [6.45, 7) is 3.97. The Morgan fingerprint density at radius 2 is 1.67 bits per heavy atom. The molecule has 3 aromatic carbocycles. The predicted molar refractivity (Wildman–Crippen MR) is 122 cm³/mol. The van der Waals surface area contributed by atoms with E-state index >= 15 is 0 Å². The van der Waals surface area contributed by atoms with Crippen molar-refractivity contribution in [3.05, 3.63) is 71.8 Å². The molecule has 0 fully saturated rings. The van der Waals surface area contributed by atoms with Gasteiger partial charge in [-0.1, -0.05) is 38.1 Å². The van der Waals surface area contributed by atoms with Crippen LogP contribution >= 0.6 is 0 Å². The Balaban J connectivity index is 1.77. The lowest BCUT2D eigenvalue weighted by molar-refractivity contribution is -0.115. The summed E-state index contributed by atoms with van der Waals surface area (Å²) in [6, 6.07) is 18.4. The number of carbonyl (C=O) groups is 1. The Labute approximate surface area is 177 Å². The lowest BCUT2D eigenvalue weighted by atomic mass is 9.95. The van der Waals surface area contributed by atoms with Gasteiger partial charge < -0.3 is 20.4 Å². The topological polar surface area (TPSA) is 72.8 Å². The van der Waals surface area contributed by atoms with Crippen molar-refractivity contribution in [2.24, 2.45) is 0 Å². The number of aromatic hydroxyl groups is 2. The van der Waals surface area contributed by atoms with Gasteiger partial charge >= 0.3 is 0 Å². The van der Waals surface area contributed by atoms with E-state index in [1.807, 2.05) is 81.4 Å². The molecule has 5 nitrogen and oxygen atoms in total. The monoisotopic (exact) mass is 404 g/mol. The van der Waals surface area contributed by atoms with Crippen LogP contribution in [-0.2, 0) is 11.2 Å². The van der Waals surface area contributed by atoms with E-state index in [2.05, 4.69) is 5.32 Å². The molecule has 0 unspecified atom stereocenters. The Kier molecular flexibility index (Phi) is 6.31. The lowest BCUT2D eigenvalue weighted by Gasteiger charge is -2.14. The first-order valence-electron chi connectivity index (χ1n) is 9.97. The minimum Gasteiger partial charge on any atom is -0.508 e. The average molecular weight is 405 g/mol. The first-order valence-corrected chi connectivity index (χ1v) is 9.97. The summed E-state index contributed by atoms with van der Waals surface area (Å²) in [5, 5.41) is 23.3. The van der Waals surface area contributed by atoms with Crippen LogP contribution in [0.1, 0.15) is 30.9 Å². The highest BCUT2D eigenvalue weighted by Crippen LogP contribution is 2.38. The van der Waals surface area contributed by atoms with E-state index < -0.39 is 0 Å². The molecular formula is C25H28N2O3. The number of anilines is 2. The summed E-state index contributed by atoms with van der Waals surface area (Å²) in [4.78, 5) is 14.5. The van der Waals surface area contributed by atoms with E-state index in [0.717, 1.165) is 22.4 Å². The number of rotatable bonds is 6. The van der Waals surface area contributed by atoms with E-state index in [1.165, 1.54) is 6.07 Å². The Morgan fingerprint density at radius 1 is 0.967 bits per heavy atom. The molecule has 0 aliphatic heterocycles. The van der Waals surface area contributed by atoms with Crippen LogP contribution < -0.4 is 10.2 Å². The normalized spacial score (nSPS) is 10.8. The maximum atomic E-state index is 12.5. The van der Waals surface area contributed by atoms with Crippen molar-refractivity contribution in [3.8, 4) is 22.6 Å². The molecule has 3 aromatic rings. The van der Waals surface area contributed by atoms with Gasteiger partial charge in [-0.2, -0.15) is 0 Å². The van der Waals surface area contributed by atoms with Gasteiger partial charge in [0.2, 0.25) is 5.91 Å². The summed E-state index contributed by atoms with van der Waals surface area (Å²) >= 11 is 0. The summed E-state index contributed by atoms with van der Waals surface area (Å²) in [5.74, 6) is 0.0889. The van der Waals surface area contributed by atoms with Gasteiger partial charge in [-0.05, 0) is 52.9 Å². The van der Waals surface area contributed by atoms with Gasteiger partial charge in [0, 0.05) is 37.1 Å². The smallest absolute Gasteiger partial charge is 0.228 e. The first-order chi connectivity index (χ1) is 14.2. The molecule has 0 heterocycles. The summed E-state index contributed by atoms with van der Waals surface area (Å²) < 4.78 is 0. The van der Waals surface area contributed by atoms with Gasteiger partial charge in [0.15, 0.2) is 0 Å². The van der Waals surface area contributed by atoms with Crippen LogP contribution in [0.25, 0.3) is 11.1 Å². The summed E-state index contributed by atoms with van der Waals surface area (Å²) in [7, 11) is 3.95. The molecule has 0 bridgehead atoms. The maximum absolute atomic E-state index is 12.5. The van der Waals surface area contributed by atoms with Gasteiger partial charge in [0.25, 0.3) is 0 Å². The van der Waals surface area contributed by atoms with Crippen LogP contribution in [0.5, 0.6) is 11.5 Å². The highest BCUT2D eigenvalue weighted by Gasteiger charge is 2.14. The minimum atomic E-state index is -0.109. The molecule has 0 radical (unpaired) electrons. The molecule has 0 saturated carbocycles. The maximum Gasteiger partial charge on any atom is 0.228 e. The fraction of sp³-hybridized carbons (Fsp3) is 0.240. The zero-order chi connectivity index (χ0) is 21.8. The van der Waals surface area contributed by atoms with Gasteiger partial charge in [-0.3, -0.25) is 4.79 Å². The lowest BCUT2D eigenvalue weighted by Crippen LogP contribution is -2.14. The number of nitrogens with zero attached hydrogens (tertiary/aromatic N) is 1. The van der Waals surface area contributed by atoms with E-state index in [-0.39, 0.29) is 29.7 Å². The number of benzene rings is 3. The third-order valence-electron chi connectivity index (χ3n) is 5.04. The van der Waals surface area contributed by atoms with Crippen LogP contribution in [0, 0.1) is 0 Å². The van der Waals surface area contributed by atoms with Gasteiger partial charge in [-0.15, -0.1) is 0 Å². The molecule has 0 aliphatic rings. The van der Waals surface area contributed by atoms with E-state index in [1.54, 1.807) is 6.07 Å². The first kappa shape index (κ1) is 21.2. The zero-order valence-electron chi connectivity index (χ0n) is 17.8. The van der Waals surface area contributed by atoms with Crippen molar-refractivity contribution >= 4 is 17.3 Å². The number of phenolic OH excluding ortho intramolecular Hbond substituents is 2. The van der Waals surface area contributed by atoms with Crippen LogP contribution in [0.15, 0.2) is 60.7 Å². The number of carbonyl (C=O) groups excluding carboxylic acids is 1. The van der Waals surface area contributed by atoms with Crippen LogP contribution in [0.3, 0.4) is 0 Å². The van der Waals surface area contributed by atoms with Crippen molar-refractivity contribution in [1.82, 2.24) is 0 Å². The van der Waals surface area contributed by atoms with Crippen LogP contribution in [-0.4, -0.2) is 30.2 Å². The molecule has 3 rings (SSSR count). The van der Waals surface area contributed by atoms with Crippen molar-refractivity contribution in [2.45, 2.75) is 26.2 Å². The molecule has 30 heavy (non-hydrogen) atoms. The van der Waals surface area contributed by atoms with Gasteiger partial charge in [0.05, 0.1) is 6.42 Å². The molecule has 3 N–H and O–H groups in total. The van der Waals surface area contributed by atoms with E-state index in [9.17, 15) is 15.0 Å². The van der Waals surface area contributed by atoms with E-state index in [4.69, 9.17) is 0 Å². The SMILES string of the molecule is CC(C)c1cc(-c2cccc(NC(=O)Cc3ccc(N(C)C)cc3)c2)c(O)cc1O. The highest BCUT2D eigenvalue weighted by atomic mass is 16.3. The van der Waals surface area contributed by atoms with Crippen molar-refractivity contribution in [1.29, 1.82) is 0 Å². The summed E-state index contributed by atoms with van der Waals surface area (Å²) in [5.41, 5.74) is 4.82. The standard InChI is InChI=1S/C25H28N2O3/c1-16(2)21-14-22(24(29)15-23(21)28)18-6-5-7-19(13-18)26-25(30)12-17-8-10-20(11-9-17)27(3)4/h5-11,13-16,28-29H,12H2,1-4H3,(H,26,30). The van der Waals surface area contributed by atoms with Crippen molar-refractivity contribution in [3.63, 3.8) is 0 Å². The number of hydrogen-bond donors (Lipinski definition) is 3. The molecule has 0 spiro atoms. The van der Waals surface area contributed by atoms with Gasteiger partial charge in [0.1, 0.15) is 11.5 Å². The third kappa shape index (κ3) is 4.92. The molecule has 1 amide bonds. The third-order valence-corrected chi connectivity index (χ3v) is 5.04. The van der Waals surface area contributed by atoms with Crippen LogP contribution in [0.4, 0.5) is 11.4 Å². The Morgan fingerprint density at radius 3 is 2.30 bits per heavy atom. The number of phenols is 2. The summed E-state index contributed by atoms with van der Waals surface area (Å²) in [6.07, 6.45) is 0.278.